The van der Waals surface area contributed by atoms with E-state index in [1.54, 1.807) is 0 Å². The molecule has 0 heterocycles. The van der Waals surface area contributed by atoms with Gasteiger partial charge in [-0.2, -0.15) is 27.0 Å². The predicted molar refractivity (Wildman–Crippen MR) is 50.6 cm³/mol. The quantitative estimate of drug-likeness (QED) is 0.400. The van der Waals surface area contributed by atoms with E-state index in [9.17, 15) is 0 Å². The van der Waals surface area contributed by atoms with Crippen molar-refractivity contribution in [2.24, 2.45) is 0 Å². The van der Waals surface area contributed by atoms with Gasteiger partial charge in [-0.25, -0.2) is 0 Å². The Morgan fingerprint density at radius 2 is 0.833 bits per heavy atom. The van der Waals surface area contributed by atoms with Crippen molar-refractivity contribution >= 4 is 90.0 Å². The summed E-state index contributed by atoms with van der Waals surface area (Å²) in [6, 6.07) is 0. The molecule has 0 fully saturated rings. The second kappa shape index (κ2) is 41.0. The molecule has 0 rings (SSSR count). The van der Waals surface area contributed by atoms with E-state index in [1.165, 1.54) is 0 Å². The first-order chi connectivity index (χ1) is 0. The van der Waals surface area contributed by atoms with Gasteiger partial charge in [0.25, 0.3) is 0 Å². The van der Waals surface area contributed by atoms with Crippen LogP contribution in [0.3, 0.4) is 0 Å². The molecule has 0 saturated carbocycles. The minimum absolute atomic E-state index is 0. The summed E-state index contributed by atoms with van der Waals surface area (Å²) in [6.45, 7) is 0. The van der Waals surface area contributed by atoms with Crippen molar-refractivity contribution < 1.29 is 17.1 Å². The molecule has 45 valence electrons. The predicted octanol–water partition coefficient (Wildman–Crippen LogP) is -3.33. The molecule has 1 radical (unpaired) electrons. The van der Waals surface area contributed by atoms with Crippen LogP contribution in [-0.2, 0) is 17.1 Å². The van der Waals surface area contributed by atoms with Crippen molar-refractivity contribution in [2.75, 3.05) is 0 Å². The molecule has 0 nitrogen and oxygen atoms in total. The van der Waals surface area contributed by atoms with Crippen molar-refractivity contribution in [1.82, 2.24) is 0 Å². The third kappa shape index (κ3) is 26.8. The van der Waals surface area contributed by atoms with Gasteiger partial charge in [-0.15, -0.1) is 0 Å². The van der Waals surface area contributed by atoms with Crippen molar-refractivity contribution in [2.45, 2.75) is 0 Å². The Kier molecular flexibility index (Phi) is 406. The normalized spacial score (nSPS) is 0. The van der Waals surface area contributed by atoms with E-state index in [0.717, 1.165) is 0 Å². The average Bonchev–Trinajstić information content (AvgIpc) is 0. The summed E-state index contributed by atoms with van der Waals surface area (Å²) < 4.78 is 0. The average molecular weight is 352 g/mol. The summed E-state index contributed by atoms with van der Waals surface area (Å²) in [7, 11) is 0. The second-order valence-corrected chi connectivity index (χ2v) is 0. The molecule has 0 aliphatic carbocycles. The molecule has 6 heteroatoms. The summed E-state index contributed by atoms with van der Waals surface area (Å²) in [6.07, 6.45) is 0. The van der Waals surface area contributed by atoms with Gasteiger partial charge in [-0.3, -0.25) is 0 Å². The molecule has 0 spiro atoms. The van der Waals surface area contributed by atoms with E-state index in [2.05, 4.69) is 0 Å². The zero-order valence-corrected chi connectivity index (χ0v) is 4.24. The molecule has 0 aromatic heterocycles. The van der Waals surface area contributed by atoms with E-state index >= 15 is 0 Å². The Hall–Kier alpha value is 3.26. The van der Waals surface area contributed by atoms with Crippen LogP contribution in [0.4, 0.5) is 0 Å². The molecule has 0 aromatic rings. The van der Waals surface area contributed by atoms with Gasteiger partial charge in [-0.1, -0.05) is 0 Å². The zero-order chi connectivity index (χ0) is 0. The van der Waals surface area contributed by atoms with Crippen molar-refractivity contribution in [1.29, 1.82) is 0 Å². The Balaban J connectivity index is 0. The molecular formula is H13AlCuGaInS2. The van der Waals surface area contributed by atoms with Gasteiger partial charge in [0, 0.05) is 17.1 Å². The Labute approximate surface area is 105 Å². The van der Waals surface area contributed by atoms with Gasteiger partial charge >= 0.3 is 45.6 Å². The van der Waals surface area contributed by atoms with Gasteiger partial charge in [0.1, 0.15) is 0 Å². The van der Waals surface area contributed by atoms with Crippen molar-refractivity contribution in [3.63, 3.8) is 0 Å². The third-order valence-corrected chi connectivity index (χ3v) is 0. The molecule has 0 amide bonds. The topological polar surface area (TPSA) is 0 Å². The van der Waals surface area contributed by atoms with Gasteiger partial charge in [0.2, 0.25) is 0 Å². The summed E-state index contributed by atoms with van der Waals surface area (Å²) in [5.41, 5.74) is 0. The fourth-order valence-electron chi connectivity index (χ4n) is 0. The molecular weight excluding hydrogens is 339 g/mol. The first-order valence-electron chi connectivity index (χ1n) is 0. The van der Waals surface area contributed by atoms with Crippen LogP contribution in [0.5, 0.6) is 0 Å². The van der Waals surface area contributed by atoms with Gasteiger partial charge in [-0.05, 0) is 0 Å². The fourth-order valence-corrected chi connectivity index (χ4v) is 0. The molecule has 0 N–H and O–H groups in total. The van der Waals surface area contributed by atoms with E-state index in [1.807, 2.05) is 0 Å². The Morgan fingerprint density at radius 3 is 0.833 bits per heavy atom. The van der Waals surface area contributed by atoms with Crippen LogP contribution in [0.2, 0.25) is 0 Å². The summed E-state index contributed by atoms with van der Waals surface area (Å²) >= 11 is 0. The molecule has 0 aliphatic heterocycles. The molecule has 0 aliphatic rings. The van der Waals surface area contributed by atoms with Gasteiger partial charge in [0.05, 0.1) is 0 Å². The van der Waals surface area contributed by atoms with E-state index in [0.29, 0.717) is 0 Å². The second-order valence-electron chi connectivity index (χ2n) is 0. The maximum absolute atomic E-state index is 0. The van der Waals surface area contributed by atoms with Crippen LogP contribution in [0.25, 0.3) is 0 Å². The van der Waals surface area contributed by atoms with Gasteiger partial charge < -0.3 is 0 Å². The standard InChI is InChI=1S/Al.Cu.Ga.In.2H2S.9H/h;;;;2*1H2;;;;;;;;;. The third-order valence-electron chi connectivity index (χ3n) is 0. The summed E-state index contributed by atoms with van der Waals surface area (Å²) in [5.74, 6) is 0. The monoisotopic (exact) mass is 351 g/mol. The Bertz CT molecular complexity index is 13.5. The maximum atomic E-state index is 0. The fraction of sp³-hybridized carbons (Fsp3) is 0. The number of hydrogen-bond donors (Lipinski definition) is 0. The van der Waals surface area contributed by atoms with Crippen LogP contribution in [0, 0.1) is 0 Å². The van der Waals surface area contributed by atoms with E-state index < -0.39 is 0 Å². The van der Waals surface area contributed by atoms with Crippen LogP contribution >= 0.6 is 27.0 Å². The Morgan fingerprint density at radius 1 is 0.833 bits per heavy atom. The van der Waals surface area contributed by atoms with Crippen LogP contribution < -0.4 is 0 Å². The van der Waals surface area contributed by atoms with Crippen LogP contribution in [0.15, 0.2) is 0 Å². The zero-order valence-electron chi connectivity index (χ0n) is 1.30. The van der Waals surface area contributed by atoms with Crippen LogP contribution in [-0.4, -0.2) is 63.0 Å². The van der Waals surface area contributed by atoms with Crippen LogP contribution in [0.1, 0.15) is 0 Å². The molecule has 0 unspecified atom stereocenters. The van der Waals surface area contributed by atoms with Gasteiger partial charge in [0.15, 0.2) is 17.4 Å². The van der Waals surface area contributed by atoms with Crippen molar-refractivity contribution in [3.05, 3.63) is 0 Å². The summed E-state index contributed by atoms with van der Waals surface area (Å²) in [5, 5.41) is 0. The minimum atomic E-state index is 0. The number of rotatable bonds is 0. The molecule has 0 atom stereocenters. The van der Waals surface area contributed by atoms with E-state index in [-0.39, 0.29) is 107 Å². The number of hydrogen-bond acceptors (Lipinski definition) is 0. The molecule has 0 aromatic carbocycles. The molecule has 6 heavy (non-hydrogen) atoms. The SMILES string of the molecule is S.S.[AlH3].[Cu].[GaH3].[InH3]. The first kappa shape index (κ1) is 59.5. The summed E-state index contributed by atoms with van der Waals surface area (Å²) in [4.78, 5) is 0. The van der Waals surface area contributed by atoms with E-state index in [4.69, 9.17) is 0 Å². The molecule has 0 bridgehead atoms. The van der Waals surface area contributed by atoms with Crippen molar-refractivity contribution in [3.8, 4) is 0 Å². The first-order valence-corrected chi connectivity index (χ1v) is 0. The molecule has 0 saturated heterocycles.